The van der Waals surface area contributed by atoms with E-state index in [0.717, 1.165) is 36.2 Å². The minimum atomic E-state index is 0.0906. The summed E-state index contributed by atoms with van der Waals surface area (Å²) in [6, 6.07) is 0.699. The summed E-state index contributed by atoms with van der Waals surface area (Å²) in [5, 5.41) is 3.57. The molecule has 1 heterocycles. The first kappa shape index (κ1) is 25.7. The Hall–Kier alpha value is -0.340. The molecule has 2 saturated carbocycles. The maximum Gasteiger partial charge on any atom is 0.0680 e. The second-order valence-electron chi connectivity index (χ2n) is 14.3. The van der Waals surface area contributed by atoms with Crippen LogP contribution in [0.3, 0.4) is 0 Å². The summed E-state index contributed by atoms with van der Waals surface area (Å²) in [6.07, 6.45) is 16.2. The summed E-state index contributed by atoms with van der Waals surface area (Å²) in [6.45, 7) is 18.5. The Kier molecular flexibility index (Phi) is 7.49. The zero-order valence-corrected chi connectivity index (χ0v) is 23.3. The van der Waals surface area contributed by atoms with E-state index in [1.807, 2.05) is 0 Å². The molecule has 190 valence electrons. The van der Waals surface area contributed by atoms with Crippen molar-refractivity contribution < 1.29 is 4.74 Å². The monoisotopic (exact) mass is 457 g/mol. The fourth-order valence-electron chi connectivity index (χ4n) is 8.69. The Morgan fingerprint density at radius 3 is 2.48 bits per heavy atom. The van der Waals surface area contributed by atoms with Crippen LogP contribution in [0.25, 0.3) is 0 Å². The van der Waals surface area contributed by atoms with Crippen molar-refractivity contribution in [1.29, 1.82) is 0 Å². The zero-order valence-electron chi connectivity index (χ0n) is 23.3. The highest BCUT2D eigenvalue weighted by Crippen LogP contribution is 2.62. The largest absolute Gasteiger partial charge is 0.375 e. The Labute approximate surface area is 206 Å². The van der Waals surface area contributed by atoms with Gasteiger partial charge in [-0.1, -0.05) is 53.2 Å². The van der Waals surface area contributed by atoms with Crippen molar-refractivity contribution in [3.8, 4) is 0 Å². The summed E-state index contributed by atoms with van der Waals surface area (Å²) in [5.41, 5.74) is 2.82. The predicted molar refractivity (Wildman–Crippen MR) is 141 cm³/mol. The Morgan fingerprint density at radius 1 is 1.06 bits per heavy atom. The highest BCUT2D eigenvalue weighted by atomic mass is 16.5. The molecule has 0 amide bonds. The van der Waals surface area contributed by atoms with Gasteiger partial charge in [-0.15, -0.1) is 0 Å². The van der Waals surface area contributed by atoms with E-state index in [9.17, 15) is 0 Å². The van der Waals surface area contributed by atoms with Gasteiger partial charge in [0.05, 0.1) is 5.60 Å². The number of allylic oxidation sites excluding steroid dienone is 1. The molecular formula is C31H55NO. The van der Waals surface area contributed by atoms with Crippen LogP contribution in [0.1, 0.15) is 113 Å². The van der Waals surface area contributed by atoms with Crippen molar-refractivity contribution in [3.05, 3.63) is 11.6 Å². The quantitative estimate of drug-likeness (QED) is 0.408. The Morgan fingerprint density at radius 2 is 1.82 bits per heavy atom. The lowest BCUT2D eigenvalue weighted by Crippen LogP contribution is -2.51. The molecule has 0 aromatic rings. The van der Waals surface area contributed by atoms with Crippen LogP contribution in [-0.2, 0) is 4.74 Å². The summed E-state index contributed by atoms with van der Waals surface area (Å²) >= 11 is 0. The molecule has 1 saturated heterocycles. The molecule has 3 aliphatic carbocycles. The van der Waals surface area contributed by atoms with E-state index >= 15 is 0 Å². The fraction of sp³-hybridized carbons (Fsp3) is 0.935. The average molecular weight is 458 g/mol. The van der Waals surface area contributed by atoms with Gasteiger partial charge < -0.3 is 10.1 Å². The third-order valence-corrected chi connectivity index (χ3v) is 11.5. The van der Waals surface area contributed by atoms with Crippen LogP contribution in [0.15, 0.2) is 11.6 Å². The number of rotatable bonds is 6. The van der Waals surface area contributed by atoms with Crippen LogP contribution in [0.4, 0.5) is 0 Å². The van der Waals surface area contributed by atoms with Crippen molar-refractivity contribution in [2.45, 2.75) is 124 Å². The van der Waals surface area contributed by atoms with E-state index < -0.39 is 0 Å². The van der Waals surface area contributed by atoms with Gasteiger partial charge in [-0.3, -0.25) is 0 Å². The molecule has 0 bridgehead atoms. The van der Waals surface area contributed by atoms with E-state index in [0.29, 0.717) is 22.8 Å². The number of hydrogen-bond acceptors (Lipinski definition) is 2. The maximum absolute atomic E-state index is 6.43. The standard InChI is InChI=1S/C31H55NO/c1-21-11-16-31(7,33-20-21)23(3)17-22(2)18-28-26-10-9-24-19-25(32-8)12-15-30(24,6)27(26)13-14-29(28,4)5/h9,21-23,25-28,32H,10-20H2,1-8H3. The molecule has 3 fully saturated rings. The highest BCUT2D eigenvalue weighted by Gasteiger charge is 2.53. The number of ether oxygens (including phenoxy) is 1. The normalized spacial score (nSPS) is 44.8. The van der Waals surface area contributed by atoms with Crippen LogP contribution in [0, 0.1) is 46.3 Å². The van der Waals surface area contributed by atoms with Crippen LogP contribution in [0.5, 0.6) is 0 Å². The van der Waals surface area contributed by atoms with E-state index in [-0.39, 0.29) is 5.60 Å². The van der Waals surface area contributed by atoms with Gasteiger partial charge in [0.25, 0.3) is 0 Å². The van der Waals surface area contributed by atoms with Crippen molar-refractivity contribution in [1.82, 2.24) is 5.32 Å². The minimum absolute atomic E-state index is 0.0906. The lowest BCUT2D eigenvalue weighted by Gasteiger charge is -2.58. The molecule has 0 spiro atoms. The van der Waals surface area contributed by atoms with Gasteiger partial charge in [0.2, 0.25) is 0 Å². The summed E-state index contributed by atoms with van der Waals surface area (Å²) in [7, 11) is 2.15. The van der Waals surface area contributed by atoms with Crippen molar-refractivity contribution in [3.63, 3.8) is 0 Å². The first-order valence-corrected chi connectivity index (χ1v) is 14.5. The average Bonchev–Trinajstić information content (AvgIpc) is 2.77. The molecule has 33 heavy (non-hydrogen) atoms. The van der Waals surface area contributed by atoms with Gasteiger partial charge in [-0.2, -0.15) is 0 Å². The van der Waals surface area contributed by atoms with Crippen LogP contribution in [0.2, 0.25) is 0 Å². The van der Waals surface area contributed by atoms with Gasteiger partial charge in [-0.05, 0) is 125 Å². The minimum Gasteiger partial charge on any atom is -0.375 e. The lowest BCUT2D eigenvalue weighted by molar-refractivity contribution is -0.122. The molecular weight excluding hydrogens is 402 g/mol. The number of fused-ring (bicyclic) bond motifs is 3. The second-order valence-corrected chi connectivity index (χ2v) is 14.3. The molecule has 0 radical (unpaired) electrons. The number of nitrogens with one attached hydrogen (secondary N) is 1. The van der Waals surface area contributed by atoms with Gasteiger partial charge >= 0.3 is 0 Å². The molecule has 0 aromatic carbocycles. The third kappa shape index (κ3) is 5.00. The number of hydrogen-bond donors (Lipinski definition) is 1. The second kappa shape index (κ2) is 9.61. The zero-order chi connectivity index (χ0) is 24.0. The molecule has 0 aromatic heterocycles. The molecule has 9 unspecified atom stereocenters. The molecule has 4 rings (SSSR count). The maximum atomic E-state index is 6.43. The first-order valence-electron chi connectivity index (χ1n) is 14.5. The molecule has 4 aliphatic rings. The highest BCUT2D eigenvalue weighted by molar-refractivity contribution is 5.25. The lowest BCUT2D eigenvalue weighted by atomic mass is 9.47. The predicted octanol–water partition coefficient (Wildman–Crippen LogP) is 8.02. The molecule has 2 heteroatoms. The van der Waals surface area contributed by atoms with Crippen molar-refractivity contribution >= 4 is 0 Å². The SMILES string of the molecule is CNC1CCC2(C)C(=CCC3C(CC(C)CC(C)C4(C)CCC(C)CO4)C(C)(C)CCC32)C1. The van der Waals surface area contributed by atoms with Crippen molar-refractivity contribution in [2.75, 3.05) is 13.7 Å². The van der Waals surface area contributed by atoms with E-state index in [1.54, 1.807) is 5.57 Å². The summed E-state index contributed by atoms with van der Waals surface area (Å²) < 4.78 is 6.43. The first-order chi connectivity index (χ1) is 15.5. The molecule has 2 nitrogen and oxygen atoms in total. The Balaban J connectivity index is 1.46. The fourth-order valence-corrected chi connectivity index (χ4v) is 8.69. The van der Waals surface area contributed by atoms with Gasteiger partial charge in [0.15, 0.2) is 0 Å². The van der Waals surface area contributed by atoms with Gasteiger partial charge in [-0.25, -0.2) is 0 Å². The Bertz CT molecular complexity index is 702. The topological polar surface area (TPSA) is 21.3 Å². The van der Waals surface area contributed by atoms with Gasteiger partial charge in [0, 0.05) is 12.6 Å². The molecule has 9 atom stereocenters. The smallest absolute Gasteiger partial charge is 0.0680 e. The van der Waals surface area contributed by atoms with Crippen LogP contribution < -0.4 is 5.32 Å². The summed E-state index contributed by atoms with van der Waals surface area (Å²) in [4.78, 5) is 0. The van der Waals surface area contributed by atoms with Crippen LogP contribution in [-0.4, -0.2) is 25.3 Å². The van der Waals surface area contributed by atoms with E-state index in [4.69, 9.17) is 4.74 Å². The summed E-state index contributed by atoms with van der Waals surface area (Å²) in [5.74, 6) is 4.80. The molecule has 1 N–H and O–H groups in total. The van der Waals surface area contributed by atoms with Crippen LogP contribution >= 0.6 is 0 Å². The van der Waals surface area contributed by atoms with E-state index in [1.165, 1.54) is 64.2 Å². The van der Waals surface area contributed by atoms with Crippen molar-refractivity contribution in [2.24, 2.45) is 46.3 Å². The third-order valence-electron chi connectivity index (χ3n) is 11.5. The molecule has 1 aliphatic heterocycles. The van der Waals surface area contributed by atoms with Gasteiger partial charge in [0.1, 0.15) is 0 Å². The van der Waals surface area contributed by atoms with E-state index in [2.05, 4.69) is 66.9 Å².